The number of methoxy groups -OCH3 is 1. The van der Waals surface area contributed by atoms with E-state index in [-0.39, 0.29) is 17.9 Å². The summed E-state index contributed by atoms with van der Waals surface area (Å²) in [5.74, 6) is 1.01. The van der Waals surface area contributed by atoms with Crippen LogP contribution in [0.2, 0.25) is 0 Å². The van der Waals surface area contributed by atoms with Crippen molar-refractivity contribution in [1.82, 2.24) is 20.4 Å². The number of carbonyl (C=O) groups excluding carboxylic acids is 2. The van der Waals surface area contributed by atoms with Gasteiger partial charge in [-0.3, -0.25) is 15.4 Å². The molecule has 3 atom stereocenters. The van der Waals surface area contributed by atoms with E-state index < -0.39 is 12.3 Å². The average molecular weight is 447 g/mol. The number of carbonyl (C=O) groups is 2. The molecule has 0 bridgehead atoms. The molecule has 2 aliphatic rings. The first kappa shape index (κ1) is 21.0. The van der Waals surface area contributed by atoms with Crippen molar-refractivity contribution < 1.29 is 14.3 Å². The Kier molecular flexibility index (Phi) is 5.70. The molecule has 1 aromatic heterocycles. The van der Waals surface area contributed by atoms with E-state index in [1.165, 1.54) is 0 Å². The molecule has 1 aliphatic carbocycles. The maximum Gasteiger partial charge on any atom is 0.324 e. The lowest BCUT2D eigenvalue weighted by atomic mass is 10.0. The Morgan fingerprint density at radius 3 is 2.70 bits per heavy atom. The lowest BCUT2D eigenvalue weighted by molar-refractivity contribution is -0.130. The predicted molar refractivity (Wildman–Crippen MR) is 125 cm³/mol. The number of nitrogens with zero attached hydrogens (tertiary/aromatic N) is 2. The summed E-state index contributed by atoms with van der Waals surface area (Å²) in [5, 5.41) is 16.9. The third-order valence-electron chi connectivity index (χ3n) is 6.15. The van der Waals surface area contributed by atoms with Gasteiger partial charge in [-0.2, -0.15) is 5.10 Å². The van der Waals surface area contributed by atoms with E-state index in [2.05, 4.69) is 21.3 Å². The summed E-state index contributed by atoms with van der Waals surface area (Å²) >= 11 is 0. The van der Waals surface area contributed by atoms with Crippen molar-refractivity contribution in [3.63, 3.8) is 0 Å². The maximum atomic E-state index is 12.9. The highest BCUT2D eigenvalue weighted by atomic mass is 16.5. The second-order valence-electron chi connectivity index (χ2n) is 8.23. The number of urea groups is 1. The number of nitrogens with one attached hydrogen (secondary N) is 4. The molecular weight excluding hydrogens is 420 g/mol. The fraction of sp³-hybridized carbons (Fsp3) is 0.292. The van der Waals surface area contributed by atoms with Gasteiger partial charge in [0.2, 0.25) is 5.91 Å². The number of rotatable bonds is 5. The molecule has 9 nitrogen and oxygen atoms in total. The van der Waals surface area contributed by atoms with Gasteiger partial charge in [0.15, 0.2) is 6.29 Å². The topological polar surface area (TPSA) is 109 Å². The monoisotopic (exact) mass is 446 g/mol. The molecular formula is C24H26N6O3. The van der Waals surface area contributed by atoms with Crippen molar-refractivity contribution in [3.05, 3.63) is 60.7 Å². The van der Waals surface area contributed by atoms with E-state index in [9.17, 15) is 9.59 Å². The standard InChI is InChI=1S/C24H26N6O3/c1-33-20-13-6-5-11-18(20)26-24(32)27-21-14-19(15-8-3-2-4-9-15)29-30(21)23-25-17-12-7-10-16(17)22(31)28-23/h2-6,8-9,11,13-14,16-17,23,25H,7,10,12H2,1H3,(H,28,31)(H2,26,27,32). The van der Waals surface area contributed by atoms with Crippen molar-refractivity contribution in [2.75, 3.05) is 17.7 Å². The van der Waals surface area contributed by atoms with Crippen LogP contribution in [0, 0.1) is 5.92 Å². The van der Waals surface area contributed by atoms with E-state index in [4.69, 9.17) is 9.84 Å². The number of aromatic nitrogens is 2. The van der Waals surface area contributed by atoms with Gasteiger partial charge < -0.3 is 15.4 Å². The molecule has 4 N–H and O–H groups in total. The number of fused-ring (bicyclic) bond motifs is 1. The van der Waals surface area contributed by atoms with E-state index in [1.54, 1.807) is 30.0 Å². The summed E-state index contributed by atoms with van der Waals surface area (Å²) in [5.41, 5.74) is 2.14. The number of hydrogen-bond acceptors (Lipinski definition) is 5. The summed E-state index contributed by atoms with van der Waals surface area (Å²) in [7, 11) is 1.55. The molecule has 33 heavy (non-hydrogen) atoms. The SMILES string of the molecule is COc1ccccc1NC(=O)Nc1cc(-c2ccccc2)nn1C1NC(=O)C2CCCC2N1. The summed E-state index contributed by atoms with van der Waals surface area (Å²) < 4.78 is 6.93. The van der Waals surface area contributed by atoms with E-state index in [0.717, 1.165) is 24.8 Å². The molecule has 2 fully saturated rings. The number of hydrogen-bond donors (Lipinski definition) is 4. The Balaban J connectivity index is 1.43. The van der Waals surface area contributed by atoms with Crippen LogP contribution in [0.5, 0.6) is 5.75 Å². The molecule has 0 radical (unpaired) electrons. The van der Waals surface area contributed by atoms with Crippen molar-refractivity contribution in [3.8, 4) is 17.0 Å². The lowest BCUT2D eigenvalue weighted by Crippen LogP contribution is -2.57. The molecule has 2 heterocycles. The van der Waals surface area contributed by atoms with Gasteiger partial charge in [-0.25, -0.2) is 9.48 Å². The van der Waals surface area contributed by atoms with Gasteiger partial charge in [0.05, 0.1) is 24.4 Å². The maximum absolute atomic E-state index is 12.9. The summed E-state index contributed by atoms with van der Waals surface area (Å²) in [6.07, 6.45) is 2.29. The largest absolute Gasteiger partial charge is 0.495 e. The second-order valence-corrected chi connectivity index (χ2v) is 8.23. The first-order valence-electron chi connectivity index (χ1n) is 11.0. The quantitative estimate of drug-likeness (QED) is 0.479. The van der Waals surface area contributed by atoms with Gasteiger partial charge in [0.1, 0.15) is 11.6 Å². The van der Waals surface area contributed by atoms with Gasteiger partial charge in [-0.1, -0.05) is 48.9 Å². The van der Waals surface area contributed by atoms with Crippen LogP contribution in [0.25, 0.3) is 11.3 Å². The van der Waals surface area contributed by atoms with E-state index in [1.807, 2.05) is 42.5 Å². The highest BCUT2D eigenvalue weighted by Gasteiger charge is 2.40. The highest BCUT2D eigenvalue weighted by molar-refractivity contribution is 6.00. The van der Waals surface area contributed by atoms with Crippen molar-refractivity contribution in [2.45, 2.75) is 31.6 Å². The van der Waals surface area contributed by atoms with Crippen LogP contribution in [0.1, 0.15) is 25.6 Å². The van der Waals surface area contributed by atoms with Gasteiger partial charge in [-0.05, 0) is 25.0 Å². The third-order valence-corrected chi connectivity index (χ3v) is 6.15. The van der Waals surface area contributed by atoms with Crippen LogP contribution in [0.3, 0.4) is 0 Å². The second kappa shape index (κ2) is 8.95. The number of ether oxygens (including phenoxy) is 1. The van der Waals surface area contributed by atoms with Crippen LogP contribution in [-0.4, -0.2) is 34.9 Å². The Morgan fingerprint density at radius 2 is 1.88 bits per heavy atom. The zero-order valence-corrected chi connectivity index (χ0v) is 18.2. The van der Waals surface area contributed by atoms with E-state index in [0.29, 0.717) is 22.9 Å². The molecule has 3 amide bonds. The van der Waals surface area contributed by atoms with Gasteiger partial charge in [-0.15, -0.1) is 0 Å². The Bertz CT molecular complexity index is 1160. The summed E-state index contributed by atoms with van der Waals surface area (Å²) in [6, 6.07) is 18.3. The minimum Gasteiger partial charge on any atom is -0.495 e. The Hall–Kier alpha value is -3.85. The Labute approximate surface area is 191 Å². The molecule has 0 spiro atoms. The molecule has 2 aromatic carbocycles. The zero-order valence-electron chi connectivity index (χ0n) is 18.2. The van der Waals surface area contributed by atoms with Gasteiger partial charge in [0, 0.05) is 17.7 Å². The zero-order chi connectivity index (χ0) is 22.8. The fourth-order valence-electron chi connectivity index (χ4n) is 4.54. The third kappa shape index (κ3) is 4.27. The molecule has 5 rings (SSSR count). The van der Waals surface area contributed by atoms with Gasteiger partial charge >= 0.3 is 6.03 Å². The van der Waals surface area contributed by atoms with Crippen LogP contribution in [0.15, 0.2) is 60.7 Å². The van der Waals surface area contributed by atoms with Crippen LogP contribution >= 0.6 is 0 Å². The van der Waals surface area contributed by atoms with E-state index >= 15 is 0 Å². The minimum absolute atomic E-state index is 0.0161. The van der Waals surface area contributed by atoms with Crippen molar-refractivity contribution in [2.24, 2.45) is 5.92 Å². The highest BCUT2D eigenvalue weighted by Crippen LogP contribution is 2.32. The normalized spacial score (nSPS) is 21.7. The number of amides is 3. The molecule has 3 aromatic rings. The molecule has 9 heteroatoms. The fourth-order valence-corrected chi connectivity index (χ4v) is 4.54. The lowest BCUT2D eigenvalue weighted by Gasteiger charge is -2.34. The van der Waals surface area contributed by atoms with Crippen molar-refractivity contribution in [1.29, 1.82) is 0 Å². The summed E-state index contributed by atoms with van der Waals surface area (Å²) in [4.78, 5) is 25.5. The average Bonchev–Trinajstić information content (AvgIpc) is 3.47. The molecule has 170 valence electrons. The minimum atomic E-state index is -0.559. The summed E-state index contributed by atoms with van der Waals surface area (Å²) in [6.45, 7) is 0. The predicted octanol–water partition coefficient (Wildman–Crippen LogP) is 3.55. The first-order valence-corrected chi connectivity index (χ1v) is 11.0. The van der Waals surface area contributed by atoms with Crippen LogP contribution < -0.4 is 26.0 Å². The number of anilines is 2. The first-order chi connectivity index (χ1) is 16.1. The van der Waals surface area contributed by atoms with Gasteiger partial charge in [0.25, 0.3) is 0 Å². The number of para-hydroxylation sites is 2. The van der Waals surface area contributed by atoms with Crippen molar-refractivity contribution >= 4 is 23.4 Å². The molecule has 1 aliphatic heterocycles. The molecule has 3 unspecified atom stereocenters. The van der Waals surface area contributed by atoms with Crippen LogP contribution in [0.4, 0.5) is 16.3 Å². The smallest absolute Gasteiger partial charge is 0.324 e. The molecule has 1 saturated carbocycles. The Morgan fingerprint density at radius 1 is 1.09 bits per heavy atom. The van der Waals surface area contributed by atoms with Crippen LogP contribution in [-0.2, 0) is 4.79 Å². The number of benzene rings is 2. The molecule has 1 saturated heterocycles.